The third-order valence-corrected chi connectivity index (χ3v) is 3.35. The smallest absolute Gasteiger partial charge is 0.301 e. The van der Waals surface area contributed by atoms with Gasteiger partial charge in [0.05, 0.1) is 11.4 Å². The summed E-state index contributed by atoms with van der Waals surface area (Å²) in [5.41, 5.74) is 7.08. The molecule has 0 atom stereocenters. The van der Waals surface area contributed by atoms with Gasteiger partial charge in [0, 0.05) is 5.02 Å². The van der Waals surface area contributed by atoms with Gasteiger partial charge in [0.1, 0.15) is 0 Å². The van der Waals surface area contributed by atoms with Gasteiger partial charge in [-0.1, -0.05) is 17.7 Å². The van der Waals surface area contributed by atoms with Crippen molar-refractivity contribution >= 4 is 40.3 Å². The molecular formula is C12H12ClN5OS. The predicted molar refractivity (Wildman–Crippen MR) is 82.3 cm³/mol. The zero-order valence-corrected chi connectivity index (χ0v) is 12.4. The second-order valence-electron chi connectivity index (χ2n) is 4.15. The van der Waals surface area contributed by atoms with Crippen molar-refractivity contribution in [3.05, 3.63) is 44.8 Å². The van der Waals surface area contributed by atoms with Gasteiger partial charge in [0.15, 0.2) is 10.8 Å². The Balaban J connectivity index is 2.45. The summed E-state index contributed by atoms with van der Waals surface area (Å²) in [6.45, 7) is 3.52. The van der Waals surface area contributed by atoms with Crippen molar-refractivity contribution in [2.75, 3.05) is 0 Å². The van der Waals surface area contributed by atoms with E-state index >= 15 is 0 Å². The molecule has 0 spiro atoms. The monoisotopic (exact) mass is 309 g/mol. The minimum atomic E-state index is -0.432. The number of H-pyrrole nitrogens is 1. The Morgan fingerprint density at radius 3 is 2.70 bits per heavy atom. The molecule has 6 nitrogen and oxygen atoms in total. The summed E-state index contributed by atoms with van der Waals surface area (Å²) in [6.07, 6.45) is 0. The lowest BCUT2D eigenvalue weighted by molar-refractivity contribution is 0.889. The molecule has 0 radical (unpaired) electrons. The molecule has 2 aromatic rings. The fourth-order valence-corrected chi connectivity index (χ4v) is 1.92. The van der Waals surface area contributed by atoms with Crippen molar-refractivity contribution in [3.8, 4) is 0 Å². The molecule has 1 aromatic carbocycles. The number of thiocarbonyl (C=S) groups is 1. The molecule has 0 saturated carbocycles. The van der Waals surface area contributed by atoms with Crippen LogP contribution >= 0.6 is 23.8 Å². The molecule has 20 heavy (non-hydrogen) atoms. The number of nitrogens with one attached hydrogen (secondary N) is 1. The predicted octanol–water partition coefficient (Wildman–Crippen LogP) is 2.95. The number of benzene rings is 1. The first-order chi connectivity index (χ1) is 9.41. The van der Waals surface area contributed by atoms with E-state index in [0.717, 1.165) is 10.2 Å². The molecule has 0 amide bonds. The van der Waals surface area contributed by atoms with E-state index in [4.69, 9.17) is 29.6 Å². The molecule has 0 aliphatic rings. The largest absolute Gasteiger partial charge is 0.374 e. The third-order valence-electron chi connectivity index (χ3n) is 2.76. The first-order valence-corrected chi connectivity index (χ1v) is 6.48. The van der Waals surface area contributed by atoms with Crippen LogP contribution in [0.5, 0.6) is 0 Å². The molecule has 8 heteroatoms. The lowest BCUT2D eigenvalue weighted by atomic mass is 10.2. The SMILES string of the molecule is Cc1[nH]n(C(N)=S)c(=O)c1N=Nc1cccc(Cl)c1C. The van der Waals surface area contributed by atoms with Gasteiger partial charge < -0.3 is 5.73 Å². The van der Waals surface area contributed by atoms with Crippen LogP contribution in [0.15, 0.2) is 33.2 Å². The standard InChI is InChI=1S/C12H12ClN5OS/c1-6-8(13)4-3-5-9(6)15-16-10-7(2)17-18(11(10)19)12(14)20/h3-5,17H,1-2H3,(H2,14,20). The summed E-state index contributed by atoms with van der Waals surface area (Å²) in [5, 5.41) is 11.3. The number of aryl methyl sites for hydroxylation is 1. The maximum absolute atomic E-state index is 12.0. The van der Waals surface area contributed by atoms with Crippen molar-refractivity contribution < 1.29 is 0 Å². The molecule has 104 valence electrons. The van der Waals surface area contributed by atoms with Gasteiger partial charge in [0.25, 0.3) is 0 Å². The lowest BCUT2D eigenvalue weighted by Gasteiger charge is -1.99. The van der Waals surface area contributed by atoms with E-state index in [1.807, 2.05) is 6.92 Å². The normalized spacial score (nSPS) is 11.2. The van der Waals surface area contributed by atoms with Crippen molar-refractivity contribution in [2.45, 2.75) is 13.8 Å². The highest BCUT2D eigenvalue weighted by Crippen LogP contribution is 2.27. The van der Waals surface area contributed by atoms with E-state index in [1.54, 1.807) is 25.1 Å². The first-order valence-electron chi connectivity index (χ1n) is 5.70. The summed E-state index contributed by atoms with van der Waals surface area (Å²) in [7, 11) is 0. The number of rotatable bonds is 2. The minimum Gasteiger partial charge on any atom is -0.374 e. The zero-order chi connectivity index (χ0) is 14.9. The van der Waals surface area contributed by atoms with E-state index in [2.05, 4.69) is 15.3 Å². The maximum atomic E-state index is 12.0. The maximum Gasteiger partial charge on any atom is 0.301 e. The van der Waals surface area contributed by atoms with Crippen LogP contribution in [0.25, 0.3) is 0 Å². The number of aromatic amines is 1. The Morgan fingerprint density at radius 1 is 1.40 bits per heavy atom. The molecular weight excluding hydrogens is 298 g/mol. The van der Waals surface area contributed by atoms with Crippen LogP contribution in [0.1, 0.15) is 11.3 Å². The molecule has 0 bridgehead atoms. The van der Waals surface area contributed by atoms with E-state index in [0.29, 0.717) is 16.4 Å². The van der Waals surface area contributed by atoms with Crippen LogP contribution in [0.3, 0.4) is 0 Å². The van der Waals surface area contributed by atoms with Crippen LogP contribution in [-0.4, -0.2) is 14.9 Å². The number of nitrogens with two attached hydrogens (primary N) is 1. The Kier molecular flexibility index (Phi) is 4.01. The highest BCUT2D eigenvalue weighted by atomic mass is 35.5. The lowest BCUT2D eigenvalue weighted by Crippen LogP contribution is -2.29. The number of azo groups is 1. The van der Waals surface area contributed by atoms with Crippen molar-refractivity contribution in [3.63, 3.8) is 0 Å². The van der Waals surface area contributed by atoms with Gasteiger partial charge in [-0.15, -0.1) is 10.2 Å². The highest BCUT2D eigenvalue weighted by Gasteiger charge is 2.12. The Morgan fingerprint density at radius 2 is 2.10 bits per heavy atom. The molecule has 0 aliphatic heterocycles. The van der Waals surface area contributed by atoms with Crippen LogP contribution in [0.2, 0.25) is 5.02 Å². The van der Waals surface area contributed by atoms with Gasteiger partial charge in [-0.05, 0) is 43.8 Å². The molecule has 1 aromatic heterocycles. The molecule has 0 unspecified atom stereocenters. The van der Waals surface area contributed by atoms with Crippen LogP contribution in [-0.2, 0) is 0 Å². The van der Waals surface area contributed by atoms with Gasteiger partial charge in [-0.3, -0.25) is 9.89 Å². The fourth-order valence-electron chi connectivity index (χ4n) is 1.62. The quantitative estimate of drug-likeness (QED) is 0.660. The summed E-state index contributed by atoms with van der Waals surface area (Å²) in [6, 6.07) is 5.29. The van der Waals surface area contributed by atoms with Gasteiger partial charge in [-0.2, -0.15) is 4.68 Å². The van der Waals surface area contributed by atoms with E-state index in [9.17, 15) is 4.79 Å². The van der Waals surface area contributed by atoms with E-state index < -0.39 is 5.56 Å². The highest BCUT2D eigenvalue weighted by molar-refractivity contribution is 7.80. The number of aromatic nitrogens is 2. The number of hydrogen-bond acceptors (Lipinski definition) is 4. The third kappa shape index (κ3) is 2.63. The fraction of sp³-hybridized carbons (Fsp3) is 0.167. The summed E-state index contributed by atoms with van der Waals surface area (Å²) in [4.78, 5) is 12.0. The Hall–Kier alpha value is -1.99. The van der Waals surface area contributed by atoms with Gasteiger partial charge in [0.2, 0.25) is 0 Å². The average molecular weight is 310 g/mol. The van der Waals surface area contributed by atoms with Gasteiger partial charge >= 0.3 is 5.56 Å². The molecule has 2 rings (SSSR count). The number of nitrogens with zero attached hydrogens (tertiary/aromatic N) is 3. The molecule has 1 heterocycles. The molecule has 0 fully saturated rings. The van der Waals surface area contributed by atoms with E-state index in [-0.39, 0.29) is 10.8 Å². The molecule has 0 saturated heterocycles. The zero-order valence-electron chi connectivity index (χ0n) is 10.8. The molecule has 3 N–H and O–H groups in total. The summed E-state index contributed by atoms with van der Waals surface area (Å²) in [5.74, 6) is 0. The van der Waals surface area contributed by atoms with Crippen molar-refractivity contribution in [1.82, 2.24) is 9.78 Å². The van der Waals surface area contributed by atoms with Crippen LogP contribution < -0.4 is 11.3 Å². The average Bonchev–Trinajstić information content (AvgIpc) is 2.67. The second kappa shape index (κ2) is 5.56. The number of hydrogen-bond donors (Lipinski definition) is 2. The molecule has 0 aliphatic carbocycles. The number of halogens is 1. The first kappa shape index (κ1) is 14.4. The van der Waals surface area contributed by atoms with Gasteiger partial charge in [-0.25, -0.2) is 0 Å². The Bertz CT molecular complexity index is 762. The van der Waals surface area contributed by atoms with E-state index in [1.165, 1.54) is 0 Å². The Labute approximate surface area is 125 Å². The topological polar surface area (TPSA) is 88.5 Å². The van der Waals surface area contributed by atoms with Crippen LogP contribution in [0.4, 0.5) is 11.4 Å². The summed E-state index contributed by atoms with van der Waals surface area (Å²) >= 11 is 10.8. The van der Waals surface area contributed by atoms with Crippen LogP contribution in [0, 0.1) is 13.8 Å². The minimum absolute atomic E-state index is 0.0708. The summed E-state index contributed by atoms with van der Waals surface area (Å²) < 4.78 is 1.05. The van der Waals surface area contributed by atoms with Crippen molar-refractivity contribution in [2.24, 2.45) is 16.0 Å². The second-order valence-corrected chi connectivity index (χ2v) is 4.97. The van der Waals surface area contributed by atoms with Crippen molar-refractivity contribution in [1.29, 1.82) is 0 Å².